The van der Waals surface area contributed by atoms with Gasteiger partial charge in [0.15, 0.2) is 0 Å². The second kappa shape index (κ2) is 12.7. The quantitative estimate of drug-likeness (QED) is 0.400. The van der Waals surface area contributed by atoms with Crippen LogP contribution in [-0.2, 0) is 32.6 Å². The number of hydrogen-bond acceptors (Lipinski definition) is 4. The normalized spacial score (nSPS) is 12.0. The first-order valence-electron chi connectivity index (χ1n) is 12.7. The molecule has 0 saturated carbocycles. The summed E-state index contributed by atoms with van der Waals surface area (Å²) < 4.78 is 27.0. The lowest BCUT2D eigenvalue weighted by Crippen LogP contribution is -2.53. The van der Waals surface area contributed by atoms with Crippen LogP contribution in [0.15, 0.2) is 72.8 Å². The highest BCUT2D eigenvalue weighted by Crippen LogP contribution is 2.26. The average molecular weight is 536 g/mol. The van der Waals surface area contributed by atoms with E-state index in [0.717, 1.165) is 38.4 Å². The molecule has 2 amide bonds. The average Bonchev–Trinajstić information content (AvgIpc) is 2.86. The van der Waals surface area contributed by atoms with Crippen molar-refractivity contribution in [3.63, 3.8) is 0 Å². The minimum Gasteiger partial charge on any atom is -0.355 e. The molecule has 0 aliphatic rings. The van der Waals surface area contributed by atoms with E-state index in [2.05, 4.69) is 5.32 Å². The van der Waals surface area contributed by atoms with E-state index in [4.69, 9.17) is 0 Å². The highest BCUT2D eigenvalue weighted by atomic mass is 32.2. The predicted molar refractivity (Wildman–Crippen MR) is 152 cm³/mol. The van der Waals surface area contributed by atoms with Crippen molar-refractivity contribution in [1.82, 2.24) is 10.2 Å². The van der Waals surface area contributed by atoms with Gasteiger partial charge in [0.1, 0.15) is 12.6 Å². The Morgan fingerprint density at radius 3 is 2.18 bits per heavy atom. The Morgan fingerprint density at radius 1 is 0.895 bits per heavy atom. The Morgan fingerprint density at radius 2 is 1.55 bits per heavy atom. The van der Waals surface area contributed by atoms with Gasteiger partial charge in [-0.25, -0.2) is 8.42 Å². The van der Waals surface area contributed by atoms with Gasteiger partial charge in [0, 0.05) is 19.5 Å². The van der Waals surface area contributed by atoms with Gasteiger partial charge in [0.05, 0.1) is 11.9 Å². The molecule has 3 aromatic rings. The molecule has 0 unspecified atom stereocenters. The fraction of sp³-hybridized carbons (Fsp3) is 0.333. The van der Waals surface area contributed by atoms with Crippen LogP contribution in [0.4, 0.5) is 5.69 Å². The number of sulfonamides is 1. The molecule has 0 fully saturated rings. The number of anilines is 1. The van der Waals surface area contributed by atoms with Gasteiger partial charge in [-0.15, -0.1) is 0 Å². The summed E-state index contributed by atoms with van der Waals surface area (Å²) in [5.74, 6) is -0.736. The van der Waals surface area contributed by atoms with E-state index < -0.39 is 28.5 Å². The molecule has 1 N–H and O–H groups in total. The van der Waals surface area contributed by atoms with E-state index in [9.17, 15) is 18.0 Å². The molecule has 38 heavy (non-hydrogen) atoms. The van der Waals surface area contributed by atoms with Gasteiger partial charge in [0.25, 0.3) is 0 Å². The molecule has 0 radical (unpaired) electrons. The van der Waals surface area contributed by atoms with Gasteiger partial charge in [-0.2, -0.15) is 0 Å². The number of carbonyl (C=O) groups is 2. The van der Waals surface area contributed by atoms with Crippen molar-refractivity contribution in [2.45, 2.75) is 46.7 Å². The fourth-order valence-corrected chi connectivity index (χ4v) is 5.35. The van der Waals surface area contributed by atoms with Gasteiger partial charge in [-0.3, -0.25) is 13.9 Å². The lowest BCUT2D eigenvalue weighted by molar-refractivity contribution is -0.140. The molecule has 202 valence electrons. The molecule has 0 heterocycles. The van der Waals surface area contributed by atoms with Crippen LogP contribution in [0.25, 0.3) is 0 Å². The third-order valence-electron chi connectivity index (χ3n) is 6.58. The van der Waals surface area contributed by atoms with Crippen molar-refractivity contribution in [1.29, 1.82) is 0 Å². The number of nitrogens with zero attached hydrogens (tertiary/aromatic N) is 2. The molecule has 0 aromatic heterocycles. The Balaban J connectivity index is 2.07. The van der Waals surface area contributed by atoms with Crippen molar-refractivity contribution < 1.29 is 18.0 Å². The second-order valence-electron chi connectivity index (χ2n) is 9.60. The summed E-state index contributed by atoms with van der Waals surface area (Å²) in [6.07, 6.45) is 1.39. The molecule has 0 saturated heterocycles. The van der Waals surface area contributed by atoms with E-state index >= 15 is 0 Å². The predicted octanol–water partition coefficient (Wildman–Crippen LogP) is 4.15. The lowest BCUT2D eigenvalue weighted by atomic mass is 10.0. The van der Waals surface area contributed by atoms with E-state index in [0.29, 0.717) is 18.7 Å². The monoisotopic (exact) mass is 535 g/mol. The maximum atomic E-state index is 14.0. The van der Waals surface area contributed by atoms with Crippen LogP contribution in [0.1, 0.15) is 34.7 Å². The van der Waals surface area contributed by atoms with Gasteiger partial charge in [-0.05, 0) is 56.0 Å². The van der Waals surface area contributed by atoms with Crippen LogP contribution in [0.2, 0.25) is 0 Å². The molecular formula is C30H37N3O4S. The SMILES string of the molecule is CCNC(=O)[C@@H](Cc1ccccc1)N(Cc1cccc(C)c1)C(=O)CN(c1cccc(C)c1C)S(C)(=O)=O. The summed E-state index contributed by atoms with van der Waals surface area (Å²) in [6.45, 7) is 7.69. The summed E-state index contributed by atoms with van der Waals surface area (Å²) in [4.78, 5) is 28.9. The largest absolute Gasteiger partial charge is 0.355 e. The molecule has 3 aromatic carbocycles. The zero-order chi connectivity index (χ0) is 27.9. The van der Waals surface area contributed by atoms with Gasteiger partial charge in [0.2, 0.25) is 21.8 Å². The highest BCUT2D eigenvalue weighted by molar-refractivity contribution is 7.92. The standard InChI is InChI=1S/C30H37N3O4S/c1-6-31-30(35)28(19-25-14-8-7-9-15-25)32(20-26-16-10-12-22(2)18-26)29(34)21-33(38(5,36)37)27-17-11-13-23(3)24(27)4/h7-18,28H,6,19-21H2,1-5H3,(H,31,35)/t28-/m1/s1. The first kappa shape index (κ1) is 28.9. The maximum Gasteiger partial charge on any atom is 0.244 e. The summed E-state index contributed by atoms with van der Waals surface area (Å²) >= 11 is 0. The number of rotatable bonds is 11. The topological polar surface area (TPSA) is 86.8 Å². The van der Waals surface area contributed by atoms with Crippen molar-refractivity contribution in [2.75, 3.05) is 23.7 Å². The minimum atomic E-state index is -3.80. The number of amides is 2. The Bertz CT molecular complexity index is 1370. The molecule has 1 atom stereocenters. The number of aryl methyl sites for hydroxylation is 2. The van der Waals surface area contributed by atoms with E-state index in [-0.39, 0.29) is 12.5 Å². The second-order valence-corrected chi connectivity index (χ2v) is 11.5. The zero-order valence-corrected chi connectivity index (χ0v) is 23.6. The Hall–Kier alpha value is -3.65. The molecule has 3 rings (SSSR count). The van der Waals surface area contributed by atoms with Crippen LogP contribution in [-0.4, -0.2) is 50.5 Å². The summed E-state index contributed by atoms with van der Waals surface area (Å²) in [6, 6.07) is 21.8. The van der Waals surface area contributed by atoms with Crippen LogP contribution in [0, 0.1) is 20.8 Å². The summed E-state index contributed by atoms with van der Waals surface area (Å²) in [5.41, 5.74) is 4.94. The fourth-order valence-electron chi connectivity index (χ4n) is 4.45. The molecule has 7 nitrogen and oxygen atoms in total. The molecule has 0 aliphatic carbocycles. The molecule has 8 heteroatoms. The smallest absolute Gasteiger partial charge is 0.244 e. The molecule has 0 spiro atoms. The van der Waals surface area contributed by atoms with Gasteiger partial charge >= 0.3 is 0 Å². The molecule has 0 aliphatic heterocycles. The Kier molecular flexibility index (Phi) is 9.69. The minimum absolute atomic E-state index is 0.166. The van der Waals surface area contributed by atoms with Crippen molar-refractivity contribution in [3.8, 4) is 0 Å². The molecular weight excluding hydrogens is 498 g/mol. The number of nitrogens with one attached hydrogen (secondary N) is 1. The summed E-state index contributed by atoms with van der Waals surface area (Å²) in [5, 5.41) is 2.87. The van der Waals surface area contributed by atoms with Crippen LogP contribution >= 0.6 is 0 Å². The summed E-state index contributed by atoms with van der Waals surface area (Å²) in [7, 11) is -3.80. The van der Waals surface area contributed by atoms with Crippen molar-refractivity contribution in [2.24, 2.45) is 0 Å². The van der Waals surface area contributed by atoms with E-state index in [1.807, 2.05) is 88.4 Å². The van der Waals surface area contributed by atoms with E-state index in [1.165, 1.54) is 4.90 Å². The van der Waals surface area contributed by atoms with Crippen LogP contribution in [0.5, 0.6) is 0 Å². The van der Waals surface area contributed by atoms with Crippen LogP contribution < -0.4 is 9.62 Å². The van der Waals surface area contributed by atoms with Crippen molar-refractivity contribution in [3.05, 3.63) is 101 Å². The van der Waals surface area contributed by atoms with Crippen molar-refractivity contribution >= 4 is 27.5 Å². The number of hydrogen-bond donors (Lipinski definition) is 1. The first-order valence-corrected chi connectivity index (χ1v) is 14.6. The number of benzene rings is 3. The van der Waals surface area contributed by atoms with Crippen LogP contribution in [0.3, 0.4) is 0 Å². The number of carbonyl (C=O) groups excluding carboxylic acids is 2. The number of likely N-dealkylation sites (N-methyl/N-ethyl adjacent to an activating group) is 1. The molecule has 0 bridgehead atoms. The highest BCUT2D eigenvalue weighted by Gasteiger charge is 2.33. The lowest BCUT2D eigenvalue weighted by Gasteiger charge is -2.34. The zero-order valence-electron chi connectivity index (χ0n) is 22.8. The Labute approximate surface area is 226 Å². The van der Waals surface area contributed by atoms with Gasteiger partial charge < -0.3 is 10.2 Å². The third kappa shape index (κ3) is 7.44. The third-order valence-corrected chi connectivity index (χ3v) is 7.71. The first-order chi connectivity index (χ1) is 18.0. The maximum absolute atomic E-state index is 14.0. The van der Waals surface area contributed by atoms with Gasteiger partial charge in [-0.1, -0.05) is 72.3 Å². The van der Waals surface area contributed by atoms with E-state index in [1.54, 1.807) is 12.1 Å².